The Balaban J connectivity index is 2.26. The van der Waals surface area contributed by atoms with E-state index >= 15 is 0 Å². The molecule has 3 heteroatoms. The van der Waals surface area contributed by atoms with Gasteiger partial charge in [0.05, 0.1) is 13.2 Å². The number of aromatic nitrogens is 1. The third kappa shape index (κ3) is 3.10. The van der Waals surface area contributed by atoms with E-state index in [1.54, 1.807) is 7.11 Å². The maximum Gasteiger partial charge on any atom is 0.120 e. The van der Waals surface area contributed by atoms with Crippen molar-refractivity contribution in [2.45, 2.75) is 33.7 Å². The second-order valence-electron chi connectivity index (χ2n) is 5.18. The second-order valence-corrected chi connectivity index (χ2v) is 5.18. The average Bonchev–Trinajstić information content (AvgIpc) is 2.37. The van der Waals surface area contributed by atoms with E-state index < -0.39 is 0 Å². The zero-order valence-electron chi connectivity index (χ0n) is 12.8. The predicted octanol–water partition coefficient (Wildman–Crippen LogP) is 4.19. The van der Waals surface area contributed by atoms with Crippen LogP contribution in [-0.2, 0) is 0 Å². The quantitative estimate of drug-likeness (QED) is 0.904. The zero-order valence-corrected chi connectivity index (χ0v) is 12.8. The van der Waals surface area contributed by atoms with Gasteiger partial charge in [0.15, 0.2) is 0 Å². The number of aryl methyl sites for hydroxylation is 3. The minimum atomic E-state index is 0.204. The number of hydrogen-bond donors (Lipinski definition) is 1. The molecule has 1 N–H and O–H groups in total. The highest BCUT2D eigenvalue weighted by atomic mass is 16.5. The van der Waals surface area contributed by atoms with Crippen molar-refractivity contribution in [2.24, 2.45) is 0 Å². The van der Waals surface area contributed by atoms with E-state index in [1.165, 1.54) is 11.1 Å². The molecule has 0 fully saturated rings. The molecule has 0 saturated carbocycles. The zero-order chi connectivity index (χ0) is 14.7. The molecule has 2 aromatic rings. The van der Waals surface area contributed by atoms with Crippen LogP contribution < -0.4 is 10.1 Å². The van der Waals surface area contributed by atoms with E-state index in [1.807, 2.05) is 31.2 Å². The summed E-state index contributed by atoms with van der Waals surface area (Å²) >= 11 is 0. The summed E-state index contributed by atoms with van der Waals surface area (Å²) < 4.78 is 5.25. The summed E-state index contributed by atoms with van der Waals surface area (Å²) in [6.07, 6.45) is 0. The fraction of sp³-hybridized carbons (Fsp3) is 0.353. The smallest absolute Gasteiger partial charge is 0.120 e. The maximum atomic E-state index is 5.25. The van der Waals surface area contributed by atoms with Crippen molar-refractivity contribution in [1.29, 1.82) is 0 Å². The lowest BCUT2D eigenvalue weighted by Gasteiger charge is -2.20. The van der Waals surface area contributed by atoms with Gasteiger partial charge in [0.2, 0.25) is 0 Å². The lowest BCUT2D eigenvalue weighted by Crippen LogP contribution is -2.11. The Labute approximate surface area is 121 Å². The molecule has 106 valence electrons. The summed E-state index contributed by atoms with van der Waals surface area (Å²) in [7, 11) is 1.68. The van der Waals surface area contributed by atoms with E-state index in [9.17, 15) is 0 Å². The van der Waals surface area contributed by atoms with Crippen LogP contribution >= 0.6 is 0 Å². The minimum Gasteiger partial charge on any atom is -0.497 e. The molecule has 0 aliphatic rings. The fourth-order valence-electron chi connectivity index (χ4n) is 2.72. The number of pyridine rings is 1. The molecule has 1 unspecified atom stereocenters. The van der Waals surface area contributed by atoms with Gasteiger partial charge in [-0.05, 0) is 57.0 Å². The van der Waals surface area contributed by atoms with Crippen molar-refractivity contribution in [3.05, 3.63) is 52.8 Å². The molecule has 2 rings (SSSR count). The average molecular weight is 270 g/mol. The third-order valence-electron chi connectivity index (χ3n) is 3.47. The standard InChI is InChI=1S/C17H22N2O/c1-11-9-12(2)18-13(3)17(11)14(4)19-15-7-6-8-16(10-15)20-5/h6-10,14,19H,1-5H3. The number of ether oxygens (including phenoxy) is 1. The summed E-state index contributed by atoms with van der Waals surface area (Å²) in [5, 5.41) is 3.51. The molecule has 3 nitrogen and oxygen atoms in total. The molecule has 20 heavy (non-hydrogen) atoms. The molecular weight excluding hydrogens is 248 g/mol. The largest absolute Gasteiger partial charge is 0.497 e. The molecule has 1 atom stereocenters. The molecule has 0 saturated heterocycles. The highest BCUT2D eigenvalue weighted by molar-refractivity contribution is 5.50. The molecular formula is C17H22N2O. The van der Waals surface area contributed by atoms with E-state index in [4.69, 9.17) is 4.74 Å². The van der Waals surface area contributed by atoms with Crippen molar-refractivity contribution >= 4 is 5.69 Å². The van der Waals surface area contributed by atoms with Crippen molar-refractivity contribution in [3.8, 4) is 5.75 Å². The van der Waals surface area contributed by atoms with Crippen LogP contribution in [0.1, 0.15) is 35.5 Å². The van der Waals surface area contributed by atoms with Crippen LogP contribution in [0.3, 0.4) is 0 Å². The van der Waals surface area contributed by atoms with E-state index in [-0.39, 0.29) is 6.04 Å². The normalized spacial score (nSPS) is 12.1. The van der Waals surface area contributed by atoms with Crippen LogP contribution in [0, 0.1) is 20.8 Å². The first-order chi connectivity index (χ1) is 9.51. The van der Waals surface area contributed by atoms with Crippen LogP contribution in [0.2, 0.25) is 0 Å². The predicted molar refractivity (Wildman–Crippen MR) is 83.5 cm³/mol. The fourth-order valence-corrected chi connectivity index (χ4v) is 2.72. The van der Waals surface area contributed by atoms with Gasteiger partial charge in [0.1, 0.15) is 5.75 Å². The first-order valence-corrected chi connectivity index (χ1v) is 6.86. The Morgan fingerprint density at radius 2 is 1.90 bits per heavy atom. The summed E-state index contributed by atoms with van der Waals surface area (Å²) in [5.74, 6) is 0.859. The molecule has 0 aliphatic heterocycles. The second kappa shape index (κ2) is 5.95. The molecule has 0 amide bonds. The summed E-state index contributed by atoms with van der Waals surface area (Å²) in [5.41, 5.74) is 5.75. The topological polar surface area (TPSA) is 34.1 Å². The summed E-state index contributed by atoms with van der Waals surface area (Å²) in [4.78, 5) is 4.57. The lowest BCUT2D eigenvalue weighted by atomic mass is 10.00. The van der Waals surface area contributed by atoms with Gasteiger partial charge < -0.3 is 10.1 Å². The number of nitrogens with zero attached hydrogens (tertiary/aromatic N) is 1. The van der Waals surface area contributed by atoms with Crippen LogP contribution in [0.15, 0.2) is 30.3 Å². The first kappa shape index (κ1) is 14.4. The highest BCUT2D eigenvalue weighted by Gasteiger charge is 2.13. The number of methoxy groups -OCH3 is 1. The molecule has 1 aromatic carbocycles. The van der Waals surface area contributed by atoms with Crippen molar-refractivity contribution in [1.82, 2.24) is 4.98 Å². The van der Waals surface area contributed by atoms with Gasteiger partial charge in [0, 0.05) is 23.1 Å². The number of anilines is 1. The molecule has 1 heterocycles. The van der Waals surface area contributed by atoms with Gasteiger partial charge in [-0.25, -0.2) is 0 Å². The van der Waals surface area contributed by atoms with E-state index in [2.05, 4.69) is 37.1 Å². The van der Waals surface area contributed by atoms with E-state index in [0.717, 1.165) is 22.8 Å². The van der Waals surface area contributed by atoms with Crippen LogP contribution in [-0.4, -0.2) is 12.1 Å². The lowest BCUT2D eigenvalue weighted by molar-refractivity contribution is 0.415. The third-order valence-corrected chi connectivity index (χ3v) is 3.47. The van der Waals surface area contributed by atoms with Gasteiger partial charge in [-0.1, -0.05) is 6.07 Å². The monoisotopic (exact) mass is 270 g/mol. The van der Waals surface area contributed by atoms with E-state index in [0.29, 0.717) is 0 Å². The van der Waals surface area contributed by atoms with Gasteiger partial charge in [0.25, 0.3) is 0 Å². The van der Waals surface area contributed by atoms with Crippen molar-refractivity contribution < 1.29 is 4.74 Å². The van der Waals surface area contributed by atoms with Crippen LogP contribution in [0.25, 0.3) is 0 Å². The molecule has 0 aliphatic carbocycles. The van der Waals surface area contributed by atoms with Crippen LogP contribution in [0.5, 0.6) is 5.75 Å². The van der Waals surface area contributed by atoms with Crippen LogP contribution in [0.4, 0.5) is 5.69 Å². The SMILES string of the molecule is COc1cccc(NC(C)c2c(C)cc(C)nc2C)c1. The molecule has 1 aromatic heterocycles. The Kier molecular flexibility index (Phi) is 4.28. The van der Waals surface area contributed by atoms with Gasteiger partial charge in [-0.15, -0.1) is 0 Å². The number of nitrogens with one attached hydrogen (secondary N) is 1. The van der Waals surface area contributed by atoms with Gasteiger partial charge in [-0.3, -0.25) is 4.98 Å². The Bertz CT molecular complexity index is 585. The summed E-state index contributed by atoms with van der Waals surface area (Å²) in [6.45, 7) is 8.40. The number of rotatable bonds is 4. The summed E-state index contributed by atoms with van der Waals surface area (Å²) in [6, 6.07) is 10.3. The molecule has 0 radical (unpaired) electrons. The highest BCUT2D eigenvalue weighted by Crippen LogP contribution is 2.26. The minimum absolute atomic E-state index is 0.204. The Hall–Kier alpha value is -2.03. The maximum absolute atomic E-state index is 5.25. The van der Waals surface area contributed by atoms with Gasteiger partial charge >= 0.3 is 0 Å². The Morgan fingerprint density at radius 1 is 1.15 bits per heavy atom. The number of hydrogen-bond acceptors (Lipinski definition) is 3. The molecule has 0 bridgehead atoms. The Morgan fingerprint density at radius 3 is 2.55 bits per heavy atom. The molecule has 0 spiro atoms. The van der Waals surface area contributed by atoms with Gasteiger partial charge in [-0.2, -0.15) is 0 Å². The number of benzene rings is 1. The first-order valence-electron chi connectivity index (χ1n) is 6.86. The van der Waals surface area contributed by atoms with Crippen molar-refractivity contribution in [2.75, 3.05) is 12.4 Å². The van der Waals surface area contributed by atoms with Crippen molar-refractivity contribution in [3.63, 3.8) is 0 Å².